The van der Waals surface area contributed by atoms with Crippen LogP contribution in [0.1, 0.15) is 38.6 Å². The van der Waals surface area contributed by atoms with Gasteiger partial charge in [0.25, 0.3) is 0 Å². The highest BCUT2D eigenvalue weighted by atomic mass is 15.3. The van der Waals surface area contributed by atoms with Crippen molar-refractivity contribution in [3.63, 3.8) is 0 Å². The molecule has 0 saturated carbocycles. The van der Waals surface area contributed by atoms with Crippen LogP contribution in [0.25, 0.3) is 0 Å². The number of hydrogen-bond acceptors (Lipinski definition) is 3. The summed E-state index contributed by atoms with van der Waals surface area (Å²) in [5.74, 6) is 0.731. The molecule has 1 aliphatic rings. The Bertz CT molecular complexity index is 412. The van der Waals surface area contributed by atoms with E-state index in [0.29, 0.717) is 12.1 Å². The van der Waals surface area contributed by atoms with Crippen molar-refractivity contribution in [3.05, 3.63) is 17.5 Å². The molecule has 19 heavy (non-hydrogen) atoms. The maximum Gasteiger partial charge on any atom is 0.0597 e. The predicted molar refractivity (Wildman–Crippen MR) is 79.1 cm³/mol. The molecule has 4 nitrogen and oxygen atoms in total. The fraction of sp³-hybridized carbons (Fsp3) is 0.800. The van der Waals surface area contributed by atoms with E-state index in [1.54, 1.807) is 0 Å². The van der Waals surface area contributed by atoms with Crippen molar-refractivity contribution < 1.29 is 0 Å². The van der Waals surface area contributed by atoms with Crippen molar-refractivity contribution in [3.8, 4) is 0 Å². The molecule has 2 rings (SSSR count). The molecule has 0 spiro atoms. The molecule has 1 saturated heterocycles. The Balaban J connectivity index is 2.11. The first-order valence-electron chi connectivity index (χ1n) is 7.48. The van der Waals surface area contributed by atoms with Crippen LogP contribution in [0, 0.1) is 12.8 Å². The molecule has 0 aromatic carbocycles. The molecular formula is C15H28N4. The molecule has 4 heteroatoms. The normalized spacial score (nSPS) is 26.6. The lowest BCUT2D eigenvalue weighted by Crippen LogP contribution is -2.57. The second-order valence-corrected chi connectivity index (χ2v) is 6.09. The topological polar surface area (TPSA) is 33.1 Å². The SMILES string of the molecule is CCC(C)C1CNC(C)CN1Cc1cc(C)nn1C. The third kappa shape index (κ3) is 3.37. The molecule has 0 bridgehead atoms. The maximum absolute atomic E-state index is 4.46. The van der Waals surface area contributed by atoms with Gasteiger partial charge in [-0.3, -0.25) is 9.58 Å². The van der Waals surface area contributed by atoms with Crippen LogP contribution >= 0.6 is 0 Å². The summed E-state index contributed by atoms with van der Waals surface area (Å²) in [4.78, 5) is 2.63. The lowest BCUT2D eigenvalue weighted by molar-refractivity contribution is 0.0861. The van der Waals surface area contributed by atoms with Crippen molar-refractivity contribution in [2.45, 2.75) is 52.7 Å². The third-order valence-corrected chi connectivity index (χ3v) is 4.42. The standard InChI is InChI=1S/C15H28N4/c1-6-11(2)15-8-16-13(4)9-19(15)10-14-7-12(3)17-18(14)5/h7,11,13,15-16H,6,8-10H2,1-5H3. The van der Waals surface area contributed by atoms with Crippen LogP contribution in [0.5, 0.6) is 0 Å². The highest BCUT2D eigenvalue weighted by Crippen LogP contribution is 2.20. The van der Waals surface area contributed by atoms with Crippen LogP contribution in [0.4, 0.5) is 0 Å². The van der Waals surface area contributed by atoms with Gasteiger partial charge in [-0.1, -0.05) is 20.3 Å². The summed E-state index contributed by atoms with van der Waals surface area (Å²) in [5.41, 5.74) is 2.43. The fourth-order valence-electron chi connectivity index (χ4n) is 3.04. The van der Waals surface area contributed by atoms with E-state index in [1.165, 1.54) is 12.1 Å². The van der Waals surface area contributed by atoms with E-state index in [4.69, 9.17) is 0 Å². The van der Waals surface area contributed by atoms with Crippen LogP contribution in [-0.2, 0) is 13.6 Å². The Hall–Kier alpha value is -0.870. The minimum atomic E-state index is 0.578. The lowest BCUT2D eigenvalue weighted by Gasteiger charge is -2.42. The third-order valence-electron chi connectivity index (χ3n) is 4.42. The molecule has 0 aliphatic carbocycles. The van der Waals surface area contributed by atoms with Crippen molar-refractivity contribution >= 4 is 0 Å². The van der Waals surface area contributed by atoms with Crippen molar-refractivity contribution in [2.75, 3.05) is 13.1 Å². The molecule has 3 atom stereocenters. The molecule has 1 fully saturated rings. The fourth-order valence-corrected chi connectivity index (χ4v) is 3.04. The molecule has 0 radical (unpaired) electrons. The molecule has 2 heterocycles. The van der Waals surface area contributed by atoms with Gasteiger partial charge in [0.1, 0.15) is 0 Å². The molecule has 0 amide bonds. The summed E-state index contributed by atoms with van der Waals surface area (Å²) in [6.07, 6.45) is 1.24. The van der Waals surface area contributed by atoms with E-state index in [-0.39, 0.29) is 0 Å². The predicted octanol–water partition coefficient (Wildman–Crippen LogP) is 1.94. The Labute approximate surface area is 117 Å². The Morgan fingerprint density at radius 1 is 1.53 bits per heavy atom. The van der Waals surface area contributed by atoms with Crippen LogP contribution in [0.15, 0.2) is 6.07 Å². The number of nitrogens with one attached hydrogen (secondary N) is 1. The number of piperazine rings is 1. The maximum atomic E-state index is 4.46. The molecular weight excluding hydrogens is 236 g/mol. The van der Waals surface area contributed by atoms with Crippen molar-refractivity contribution in [1.29, 1.82) is 0 Å². The smallest absolute Gasteiger partial charge is 0.0597 e. The van der Waals surface area contributed by atoms with Gasteiger partial charge in [-0.25, -0.2) is 0 Å². The monoisotopic (exact) mass is 264 g/mol. The van der Waals surface area contributed by atoms with Gasteiger partial charge in [0, 0.05) is 38.8 Å². The Morgan fingerprint density at radius 3 is 2.84 bits per heavy atom. The average molecular weight is 264 g/mol. The van der Waals surface area contributed by atoms with Crippen LogP contribution < -0.4 is 5.32 Å². The van der Waals surface area contributed by atoms with Gasteiger partial charge in [0.05, 0.1) is 11.4 Å². The zero-order valence-corrected chi connectivity index (χ0v) is 13.0. The number of nitrogens with zero attached hydrogens (tertiary/aromatic N) is 3. The van der Waals surface area contributed by atoms with Gasteiger partial charge in [-0.2, -0.15) is 5.10 Å². The summed E-state index contributed by atoms with van der Waals surface area (Å²) in [7, 11) is 2.05. The van der Waals surface area contributed by atoms with E-state index in [2.05, 4.69) is 49.1 Å². The lowest BCUT2D eigenvalue weighted by atomic mass is 9.94. The zero-order chi connectivity index (χ0) is 14.0. The molecule has 108 valence electrons. The molecule has 3 unspecified atom stereocenters. The van der Waals surface area contributed by atoms with Crippen molar-refractivity contribution in [1.82, 2.24) is 20.0 Å². The molecule has 1 N–H and O–H groups in total. The van der Waals surface area contributed by atoms with Crippen LogP contribution in [0.2, 0.25) is 0 Å². The summed E-state index contributed by atoms with van der Waals surface area (Å²) in [6.45, 7) is 12.2. The van der Waals surface area contributed by atoms with Gasteiger partial charge in [-0.05, 0) is 25.8 Å². The Morgan fingerprint density at radius 2 is 2.26 bits per heavy atom. The highest BCUT2D eigenvalue weighted by Gasteiger charge is 2.29. The number of aryl methyl sites for hydroxylation is 2. The van der Waals surface area contributed by atoms with Gasteiger partial charge >= 0.3 is 0 Å². The largest absolute Gasteiger partial charge is 0.311 e. The van der Waals surface area contributed by atoms with Gasteiger partial charge in [0.15, 0.2) is 0 Å². The molecule has 1 aliphatic heterocycles. The summed E-state index contributed by atoms with van der Waals surface area (Å²) >= 11 is 0. The summed E-state index contributed by atoms with van der Waals surface area (Å²) < 4.78 is 2.02. The minimum Gasteiger partial charge on any atom is -0.311 e. The first-order valence-corrected chi connectivity index (χ1v) is 7.48. The first kappa shape index (κ1) is 14.5. The summed E-state index contributed by atoms with van der Waals surface area (Å²) in [6, 6.07) is 3.42. The van der Waals surface area contributed by atoms with E-state index >= 15 is 0 Å². The molecule has 1 aromatic heterocycles. The first-order chi connectivity index (χ1) is 9.01. The number of rotatable bonds is 4. The highest BCUT2D eigenvalue weighted by molar-refractivity contribution is 5.09. The van der Waals surface area contributed by atoms with E-state index < -0.39 is 0 Å². The van der Waals surface area contributed by atoms with E-state index in [9.17, 15) is 0 Å². The molecule has 1 aromatic rings. The quantitative estimate of drug-likeness (QED) is 0.902. The van der Waals surface area contributed by atoms with E-state index in [1.807, 2.05) is 11.7 Å². The number of aromatic nitrogens is 2. The summed E-state index contributed by atoms with van der Waals surface area (Å²) in [5, 5.41) is 8.08. The Kier molecular flexibility index (Phi) is 4.63. The second-order valence-electron chi connectivity index (χ2n) is 6.09. The van der Waals surface area contributed by atoms with Crippen molar-refractivity contribution in [2.24, 2.45) is 13.0 Å². The average Bonchev–Trinajstić information content (AvgIpc) is 2.67. The zero-order valence-electron chi connectivity index (χ0n) is 13.0. The van der Waals surface area contributed by atoms with Gasteiger partial charge < -0.3 is 5.32 Å². The number of hydrogen-bond donors (Lipinski definition) is 1. The van der Waals surface area contributed by atoms with Gasteiger partial charge in [-0.15, -0.1) is 0 Å². The minimum absolute atomic E-state index is 0.578. The van der Waals surface area contributed by atoms with E-state index in [0.717, 1.165) is 31.2 Å². The van der Waals surface area contributed by atoms with Crippen LogP contribution in [-0.4, -0.2) is 39.9 Å². The second kappa shape index (κ2) is 6.06. The van der Waals surface area contributed by atoms with Crippen LogP contribution in [0.3, 0.4) is 0 Å². The van der Waals surface area contributed by atoms with Gasteiger partial charge in [0.2, 0.25) is 0 Å².